The summed E-state index contributed by atoms with van der Waals surface area (Å²) in [5, 5.41) is 0. The summed E-state index contributed by atoms with van der Waals surface area (Å²) in [6, 6.07) is 6.63. The molecule has 0 aliphatic carbocycles. The van der Waals surface area contributed by atoms with Crippen LogP contribution in [0.4, 0.5) is 11.4 Å². The fourth-order valence-electron chi connectivity index (χ4n) is 2.65. The van der Waals surface area contributed by atoms with Gasteiger partial charge in [0.05, 0.1) is 11.4 Å². The molecular formula is C14H23N3. The highest BCUT2D eigenvalue weighted by Crippen LogP contribution is 2.34. The minimum atomic E-state index is 0.723. The number of fused-ring (bicyclic) bond motifs is 1. The van der Waals surface area contributed by atoms with Crippen LogP contribution in [0, 0.1) is 0 Å². The van der Waals surface area contributed by atoms with Crippen molar-refractivity contribution in [2.45, 2.75) is 19.8 Å². The third kappa shape index (κ3) is 2.39. The molecule has 0 saturated carbocycles. The van der Waals surface area contributed by atoms with Crippen molar-refractivity contribution < 1.29 is 0 Å². The minimum absolute atomic E-state index is 0.723. The van der Waals surface area contributed by atoms with Crippen molar-refractivity contribution in [1.82, 2.24) is 0 Å². The average Bonchev–Trinajstić information content (AvgIpc) is 2.51. The topological polar surface area (TPSA) is 32.5 Å². The van der Waals surface area contributed by atoms with Gasteiger partial charge in [0, 0.05) is 33.2 Å². The molecule has 94 valence electrons. The number of benzene rings is 1. The van der Waals surface area contributed by atoms with E-state index < -0.39 is 0 Å². The smallest absolute Gasteiger partial charge is 0.0636 e. The molecule has 2 rings (SSSR count). The van der Waals surface area contributed by atoms with Gasteiger partial charge in [-0.3, -0.25) is 0 Å². The quantitative estimate of drug-likeness (QED) is 0.865. The highest BCUT2D eigenvalue weighted by molar-refractivity contribution is 5.75. The Morgan fingerprint density at radius 3 is 2.82 bits per heavy atom. The summed E-state index contributed by atoms with van der Waals surface area (Å²) in [7, 11) is 2.18. The number of hydrogen-bond acceptors (Lipinski definition) is 3. The predicted molar refractivity (Wildman–Crippen MR) is 75.0 cm³/mol. The van der Waals surface area contributed by atoms with Gasteiger partial charge in [-0.15, -0.1) is 0 Å². The number of para-hydroxylation sites is 1. The lowest BCUT2D eigenvalue weighted by Crippen LogP contribution is -2.30. The number of anilines is 2. The molecule has 0 aromatic heterocycles. The van der Waals surface area contributed by atoms with Crippen molar-refractivity contribution in [2.24, 2.45) is 5.73 Å². The molecule has 1 aromatic rings. The van der Waals surface area contributed by atoms with Crippen LogP contribution in [0.3, 0.4) is 0 Å². The van der Waals surface area contributed by atoms with Crippen molar-refractivity contribution in [3.05, 3.63) is 23.8 Å². The van der Waals surface area contributed by atoms with Crippen LogP contribution >= 0.6 is 0 Å². The third-order valence-electron chi connectivity index (χ3n) is 3.53. The molecule has 0 unspecified atom stereocenters. The van der Waals surface area contributed by atoms with E-state index >= 15 is 0 Å². The van der Waals surface area contributed by atoms with Crippen LogP contribution in [0.1, 0.15) is 18.9 Å². The van der Waals surface area contributed by atoms with Crippen molar-refractivity contribution in [3.8, 4) is 0 Å². The summed E-state index contributed by atoms with van der Waals surface area (Å²) in [5.41, 5.74) is 9.93. The standard InChI is InChI=1S/C14H23N3/c1-3-12-6-4-7-13-14(12)17(11-8-15)10-5-9-16(13)2/h4,6-7H,3,5,8-11,15H2,1-2H3. The first-order valence-corrected chi connectivity index (χ1v) is 6.56. The Morgan fingerprint density at radius 2 is 2.12 bits per heavy atom. The van der Waals surface area contributed by atoms with E-state index in [-0.39, 0.29) is 0 Å². The number of nitrogens with two attached hydrogens (primary N) is 1. The van der Waals surface area contributed by atoms with E-state index in [1.807, 2.05) is 0 Å². The fourth-order valence-corrected chi connectivity index (χ4v) is 2.65. The molecule has 3 nitrogen and oxygen atoms in total. The van der Waals surface area contributed by atoms with E-state index in [0.29, 0.717) is 0 Å². The summed E-state index contributed by atoms with van der Waals surface area (Å²) in [5.74, 6) is 0. The van der Waals surface area contributed by atoms with Gasteiger partial charge in [0.15, 0.2) is 0 Å². The van der Waals surface area contributed by atoms with Gasteiger partial charge < -0.3 is 15.5 Å². The lowest BCUT2D eigenvalue weighted by Gasteiger charge is -2.28. The minimum Gasteiger partial charge on any atom is -0.373 e. The van der Waals surface area contributed by atoms with Crippen molar-refractivity contribution in [1.29, 1.82) is 0 Å². The molecule has 0 fully saturated rings. The highest BCUT2D eigenvalue weighted by Gasteiger charge is 2.19. The Kier molecular flexibility index (Phi) is 3.89. The zero-order valence-corrected chi connectivity index (χ0v) is 10.9. The average molecular weight is 233 g/mol. The molecule has 3 heteroatoms. The first-order chi connectivity index (χ1) is 8.27. The van der Waals surface area contributed by atoms with E-state index in [0.717, 1.165) is 32.6 Å². The second-order valence-electron chi connectivity index (χ2n) is 4.69. The predicted octanol–water partition coefficient (Wildman–Crippen LogP) is 1.85. The van der Waals surface area contributed by atoms with Gasteiger partial charge in [-0.2, -0.15) is 0 Å². The van der Waals surface area contributed by atoms with Gasteiger partial charge in [0.1, 0.15) is 0 Å². The Labute approximate surface area is 104 Å². The monoisotopic (exact) mass is 233 g/mol. The Balaban J connectivity index is 2.47. The van der Waals surface area contributed by atoms with Gasteiger partial charge >= 0.3 is 0 Å². The highest BCUT2D eigenvalue weighted by atomic mass is 15.2. The number of rotatable bonds is 3. The molecule has 2 N–H and O–H groups in total. The van der Waals surface area contributed by atoms with Gasteiger partial charge in [0.2, 0.25) is 0 Å². The normalized spacial score (nSPS) is 15.7. The maximum Gasteiger partial charge on any atom is 0.0636 e. The summed E-state index contributed by atoms with van der Waals surface area (Å²) in [4.78, 5) is 4.82. The molecule has 0 spiro atoms. The molecule has 0 bridgehead atoms. The summed E-state index contributed by atoms with van der Waals surface area (Å²) in [6.45, 7) is 6.15. The lowest BCUT2D eigenvalue weighted by molar-refractivity contribution is 0.739. The van der Waals surface area contributed by atoms with E-state index in [9.17, 15) is 0 Å². The van der Waals surface area contributed by atoms with Gasteiger partial charge in [-0.05, 0) is 24.5 Å². The van der Waals surface area contributed by atoms with Crippen molar-refractivity contribution in [2.75, 3.05) is 43.0 Å². The Morgan fingerprint density at radius 1 is 1.29 bits per heavy atom. The van der Waals surface area contributed by atoms with Crippen LogP contribution < -0.4 is 15.5 Å². The van der Waals surface area contributed by atoms with E-state index in [1.165, 1.54) is 23.4 Å². The molecule has 1 heterocycles. The number of aryl methyl sites for hydroxylation is 1. The first kappa shape index (κ1) is 12.2. The fraction of sp³-hybridized carbons (Fsp3) is 0.571. The maximum absolute atomic E-state index is 5.74. The van der Waals surface area contributed by atoms with E-state index in [4.69, 9.17) is 5.73 Å². The molecule has 0 amide bonds. The molecule has 1 aromatic carbocycles. The van der Waals surface area contributed by atoms with Gasteiger partial charge in [-0.1, -0.05) is 19.1 Å². The number of hydrogen-bond donors (Lipinski definition) is 1. The van der Waals surface area contributed by atoms with Crippen LogP contribution in [-0.4, -0.2) is 33.2 Å². The SMILES string of the molecule is CCc1cccc2c1N(CCN)CCCN2C. The van der Waals surface area contributed by atoms with Crippen LogP contribution in [0.15, 0.2) is 18.2 Å². The maximum atomic E-state index is 5.74. The zero-order chi connectivity index (χ0) is 12.3. The summed E-state index contributed by atoms with van der Waals surface area (Å²) < 4.78 is 0. The Bertz CT molecular complexity index is 376. The van der Waals surface area contributed by atoms with Crippen LogP contribution in [0.25, 0.3) is 0 Å². The molecule has 1 aliphatic rings. The molecule has 0 saturated heterocycles. The molecular weight excluding hydrogens is 210 g/mol. The molecule has 1 aliphatic heterocycles. The second-order valence-corrected chi connectivity index (χ2v) is 4.69. The first-order valence-electron chi connectivity index (χ1n) is 6.56. The Hall–Kier alpha value is -1.22. The van der Waals surface area contributed by atoms with Crippen LogP contribution in [0.2, 0.25) is 0 Å². The molecule has 17 heavy (non-hydrogen) atoms. The summed E-state index contributed by atoms with van der Waals surface area (Å²) >= 11 is 0. The molecule has 0 radical (unpaired) electrons. The van der Waals surface area contributed by atoms with Crippen LogP contribution in [-0.2, 0) is 6.42 Å². The zero-order valence-electron chi connectivity index (χ0n) is 10.9. The lowest BCUT2D eigenvalue weighted by atomic mass is 10.1. The van der Waals surface area contributed by atoms with Crippen LogP contribution in [0.5, 0.6) is 0 Å². The van der Waals surface area contributed by atoms with E-state index in [1.54, 1.807) is 0 Å². The summed E-state index contributed by atoms with van der Waals surface area (Å²) in [6.07, 6.45) is 2.28. The van der Waals surface area contributed by atoms with Gasteiger partial charge in [-0.25, -0.2) is 0 Å². The van der Waals surface area contributed by atoms with Crippen molar-refractivity contribution >= 4 is 11.4 Å². The third-order valence-corrected chi connectivity index (χ3v) is 3.53. The van der Waals surface area contributed by atoms with Gasteiger partial charge in [0.25, 0.3) is 0 Å². The van der Waals surface area contributed by atoms with E-state index in [2.05, 4.69) is 42.0 Å². The van der Waals surface area contributed by atoms with Crippen molar-refractivity contribution in [3.63, 3.8) is 0 Å². The molecule has 0 atom stereocenters. The second kappa shape index (κ2) is 5.41. The largest absolute Gasteiger partial charge is 0.373 e. The number of nitrogens with zero attached hydrogens (tertiary/aromatic N) is 2.